The topological polar surface area (TPSA) is 68.8 Å². The fourth-order valence-electron chi connectivity index (χ4n) is 1.08. The third-order valence-corrected chi connectivity index (χ3v) is 2.32. The van der Waals surface area contributed by atoms with Crippen molar-refractivity contribution in [2.75, 3.05) is 0 Å². The molecule has 1 N–H and O–H groups in total. The van der Waals surface area contributed by atoms with Crippen molar-refractivity contribution in [2.24, 2.45) is 0 Å². The van der Waals surface area contributed by atoms with E-state index in [9.17, 15) is 8.76 Å². The molecule has 62 valence electrons. The molecular formula is C7H5N2O2S-. The normalized spacial score (nSPS) is 13.4. The molecule has 0 saturated carbocycles. The summed E-state index contributed by atoms with van der Waals surface area (Å²) in [6.45, 7) is 0. The van der Waals surface area contributed by atoms with E-state index in [1.54, 1.807) is 18.3 Å². The van der Waals surface area contributed by atoms with Gasteiger partial charge in [-0.05, 0) is 17.1 Å². The second-order valence-corrected chi connectivity index (χ2v) is 3.23. The number of hydrogen-bond donors (Lipinski definition) is 1. The monoisotopic (exact) mass is 181 g/mol. The van der Waals surface area contributed by atoms with Gasteiger partial charge in [0.05, 0.1) is 16.6 Å². The van der Waals surface area contributed by atoms with Crippen LogP contribution in [0.25, 0.3) is 10.9 Å². The molecule has 12 heavy (non-hydrogen) atoms. The highest BCUT2D eigenvalue weighted by atomic mass is 32.2. The molecule has 1 heterocycles. The molecule has 2 rings (SSSR count). The summed E-state index contributed by atoms with van der Waals surface area (Å²) >= 11 is -2.20. The van der Waals surface area contributed by atoms with E-state index in [1.807, 2.05) is 0 Å². The summed E-state index contributed by atoms with van der Waals surface area (Å²) in [6, 6.07) is 5.02. The third-order valence-electron chi connectivity index (χ3n) is 1.62. The van der Waals surface area contributed by atoms with Crippen molar-refractivity contribution in [3.05, 3.63) is 24.4 Å². The summed E-state index contributed by atoms with van der Waals surface area (Å²) in [5.74, 6) is 0. The van der Waals surface area contributed by atoms with E-state index in [2.05, 4.69) is 10.2 Å². The minimum atomic E-state index is -2.20. The highest BCUT2D eigenvalue weighted by molar-refractivity contribution is 7.79. The second kappa shape index (κ2) is 2.69. The number of nitrogens with one attached hydrogen (secondary N) is 1. The number of H-pyrrole nitrogens is 1. The van der Waals surface area contributed by atoms with Crippen LogP contribution in [0.15, 0.2) is 29.3 Å². The predicted octanol–water partition coefficient (Wildman–Crippen LogP) is 0.801. The number of hydrogen-bond acceptors (Lipinski definition) is 3. The van der Waals surface area contributed by atoms with Crippen molar-refractivity contribution in [3.63, 3.8) is 0 Å². The fourth-order valence-corrected chi connectivity index (χ4v) is 1.60. The van der Waals surface area contributed by atoms with Crippen LogP contribution in [0, 0.1) is 0 Å². The van der Waals surface area contributed by atoms with Gasteiger partial charge in [-0.15, -0.1) is 0 Å². The molecule has 1 aromatic heterocycles. The van der Waals surface area contributed by atoms with Crippen LogP contribution < -0.4 is 0 Å². The van der Waals surface area contributed by atoms with Gasteiger partial charge in [0.15, 0.2) is 0 Å². The van der Waals surface area contributed by atoms with Crippen molar-refractivity contribution in [1.82, 2.24) is 10.2 Å². The number of nitrogens with zero attached hydrogens (tertiary/aromatic N) is 1. The van der Waals surface area contributed by atoms with Gasteiger partial charge in [0.1, 0.15) is 0 Å². The van der Waals surface area contributed by atoms with Crippen molar-refractivity contribution < 1.29 is 8.76 Å². The maximum Gasteiger partial charge on any atom is 0.0800 e. The summed E-state index contributed by atoms with van der Waals surface area (Å²) < 4.78 is 21.3. The lowest BCUT2D eigenvalue weighted by molar-refractivity contribution is 0.538. The Labute approximate surface area is 70.9 Å². The first-order valence-corrected chi connectivity index (χ1v) is 4.38. The molecule has 0 spiro atoms. The molecule has 0 aliphatic heterocycles. The average molecular weight is 181 g/mol. The summed E-state index contributed by atoms with van der Waals surface area (Å²) in [5.41, 5.74) is 0.561. The van der Waals surface area contributed by atoms with E-state index in [4.69, 9.17) is 0 Å². The van der Waals surface area contributed by atoms with Gasteiger partial charge in [-0.1, -0.05) is 12.1 Å². The molecule has 2 aromatic rings. The van der Waals surface area contributed by atoms with Gasteiger partial charge in [-0.2, -0.15) is 5.10 Å². The summed E-state index contributed by atoms with van der Waals surface area (Å²) in [4.78, 5) is 0.255. The molecule has 0 fully saturated rings. The second-order valence-electron chi connectivity index (χ2n) is 2.33. The molecule has 1 aromatic carbocycles. The molecule has 0 amide bonds. The molecule has 1 unspecified atom stereocenters. The van der Waals surface area contributed by atoms with Crippen molar-refractivity contribution in [2.45, 2.75) is 4.90 Å². The Morgan fingerprint density at radius 3 is 3.08 bits per heavy atom. The molecule has 0 saturated heterocycles. The minimum absolute atomic E-state index is 0.255. The first-order valence-electron chi connectivity index (χ1n) is 3.30. The van der Waals surface area contributed by atoms with Gasteiger partial charge in [0.25, 0.3) is 0 Å². The molecule has 0 aliphatic carbocycles. The van der Waals surface area contributed by atoms with Crippen LogP contribution in [0.1, 0.15) is 0 Å². The van der Waals surface area contributed by atoms with Crippen LogP contribution in [0.4, 0.5) is 0 Å². The molecule has 4 nitrogen and oxygen atoms in total. The molecule has 5 heteroatoms. The average Bonchev–Trinajstić information content (AvgIpc) is 2.49. The fraction of sp³-hybridized carbons (Fsp3) is 0. The minimum Gasteiger partial charge on any atom is -0.768 e. The van der Waals surface area contributed by atoms with E-state index < -0.39 is 11.1 Å². The van der Waals surface area contributed by atoms with E-state index in [-0.39, 0.29) is 4.90 Å². The van der Waals surface area contributed by atoms with E-state index in [0.29, 0.717) is 5.52 Å². The number of para-hydroxylation sites is 1. The lowest BCUT2D eigenvalue weighted by Crippen LogP contribution is -1.89. The Bertz CT molecular complexity index is 438. The predicted molar refractivity (Wildman–Crippen MR) is 43.3 cm³/mol. The summed E-state index contributed by atoms with van der Waals surface area (Å²) in [6.07, 6.45) is 1.59. The zero-order chi connectivity index (χ0) is 8.55. The maximum absolute atomic E-state index is 10.7. The summed E-state index contributed by atoms with van der Waals surface area (Å²) in [5, 5.41) is 7.17. The number of fused-ring (bicyclic) bond motifs is 1. The Morgan fingerprint density at radius 1 is 1.50 bits per heavy atom. The first-order chi connectivity index (χ1) is 5.79. The largest absolute Gasteiger partial charge is 0.768 e. The van der Waals surface area contributed by atoms with Crippen LogP contribution in [0.5, 0.6) is 0 Å². The van der Waals surface area contributed by atoms with Crippen LogP contribution in [0.3, 0.4) is 0 Å². The van der Waals surface area contributed by atoms with E-state index in [1.165, 1.54) is 6.07 Å². The lowest BCUT2D eigenvalue weighted by atomic mass is 10.3. The molecule has 0 radical (unpaired) electrons. The van der Waals surface area contributed by atoms with Crippen molar-refractivity contribution >= 4 is 22.0 Å². The van der Waals surface area contributed by atoms with Gasteiger partial charge in [-0.3, -0.25) is 9.31 Å². The smallest absolute Gasteiger partial charge is 0.0800 e. The molecule has 0 bridgehead atoms. The van der Waals surface area contributed by atoms with Gasteiger partial charge in [0.2, 0.25) is 0 Å². The standard InChI is InChI=1S/C7H6N2O2S/c10-12(11)6-3-1-2-5-4-8-9-7(5)6/h1-4H,(H,8,9)(H,10,11)/p-1. The van der Waals surface area contributed by atoms with Gasteiger partial charge >= 0.3 is 0 Å². The van der Waals surface area contributed by atoms with Gasteiger partial charge < -0.3 is 4.55 Å². The summed E-state index contributed by atoms with van der Waals surface area (Å²) in [7, 11) is 0. The molecule has 1 atom stereocenters. The van der Waals surface area contributed by atoms with Gasteiger partial charge in [-0.25, -0.2) is 0 Å². The Morgan fingerprint density at radius 2 is 2.33 bits per heavy atom. The zero-order valence-corrected chi connectivity index (χ0v) is 6.80. The number of rotatable bonds is 1. The maximum atomic E-state index is 10.7. The Kier molecular flexibility index (Phi) is 1.67. The highest BCUT2D eigenvalue weighted by Crippen LogP contribution is 2.17. The van der Waals surface area contributed by atoms with E-state index in [0.717, 1.165) is 5.39 Å². The van der Waals surface area contributed by atoms with Crippen molar-refractivity contribution in [3.8, 4) is 0 Å². The third kappa shape index (κ3) is 1.03. The zero-order valence-electron chi connectivity index (χ0n) is 5.98. The van der Waals surface area contributed by atoms with E-state index >= 15 is 0 Å². The SMILES string of the molecule is O=S([O-])c1cccc2cn[nH]c12. The van der Waals surface area contributed by atoms with Crippen LogP contribution in [-0.2, 0) is 11.1 Å². The highest BCUT2D eigenvalue weighted by Gasteiger charge is 2.01. The Hall–Kier alpha value is -1.20. The van der Waals surface area contributed by atoms with Crippen LogP contribution in [0.2, 0.25) is 0 Å². The molecular weight excluding hydrogens is 176 g/mol. The van der Waals surface area contributed by atoms with Crippen LogP contribution in [-0.4, -0.2) is 19.0 Å². The van der Waals surface area contributed by atoms with Crippen molar-refractivity contribution in [1.29, 1.82) is 0 Å². The molecule has 0 aliphatic rings. The van der Waals surface area contributed by atoms with Gasteiger partial charge in [0, 0.05) is 5.39 Å². The van der Waals surface area contributed by atoms with Crippen LogP contribution >= 0.6 is 0 Å². The lowest BCUT2D eigenvalue weighted by Gasteiger charge is -2.04. The number of benzene rings is 1. The quantitative estimate of drug-likeness (QED) is 0.661. The number of aromatic amines is 1. The number of aromatic nitrogens is 2. The first kappa shape index (κ1) is 7.45. The Balaban J connectivity index is 2.82.